The van der Waals surface area contributed by atoms with Gasteiger partial charge in [-0.05, 0) is 19.3 Å². The van der Waals surface area contributed by atoms with Crippen LogP contribution in [0.3, 0.4) is 0 Å². The molecule has 0 aromatic carbocycles. The average molecular weight is 224 g/mol. The maximum absolute atomic E-state index is 11.7. The molecule has 16 heavy (non-hydrogen) atoms. The molecule has 2 atom stereocenters. The van der Waals surface area contributed by atoms with E-state index in [2.05, 4.69) is 20.0 Å². The molecule has 1 fully saturated rings. The van der Waals surface area contributed by atoms with Crippen LogP contribution in [0.5, 0.6) is 0 Å². The van der Waals surface area contributed by atoms with Crippen LogP contribution in [0.2, 0.25) is 0 Å². The van der Waals surface area contributed by atoms with Gasteiger partial charge >= 0.3 is 0 Å². The molecule has 1 saturated carbocycles. The number of hydrogen-bond donors (Lipinski definition) is 2. The Morgan fingerprint density at radius 1 is 1.62 bits per heavy atom. The fourth-order valence-electron chi connectivity index (χ4n) is 2.00. The third-order valence-corrected chi connectivity index (χ3v) is 2.90. The molecular weight excluding hydrogens is 208 g/mol. The summed E-state index contributed by atoms with van der Waals surface area (Å²) in [5, 5.41) is 6.53. The Labute approximate surface area is 93.6 Å². The van der Waals surface area contributed by atoms with Crippen LogP contribution in [-0.4, -0.2) is 28.6 Å². The summed E-state index contributed by atoms with van der Waals surface area (Å²) in [6.07, 6.45) is 4.53. The van der Waals surface area contributed by atoms with Crippen LogP contribution in [0.25, 0.3) is 0 Å². The van der Waals surface area contributed by atoms with E-state index in [9.17, 15) is 4.79 Å². The third-order valence-electron chi connectivity index (χ3n) is 2.90. The summed E-state index contributed by atoms with van der Waals surface area (Å²) in [6, 6.07) is 0.188. The normalized spacial score (nSPS) is 24.6. The lowest BCUT2D eigenvalue weighted by molar-refractivity contribution is -0.124. The molecule has 3 N–H and O–H groups in total. The first-order valence-electron chi connectivity index (χ1n) is 5.54. The predicted octanol–water partition coefficient (Wildman–Crippen LogP) is -0.144. The van der Waals surface area contributed by atoms with Crippen molar-refractivity contribution in [2.24, 2.45) is 11.7 Å². The van der Waals surface area contributed by atoms with Crippen LogP contribution >= 0.6 is 0 Å². The fourth-order valence-corrected chi connectivity index (χ4v) is 2.00. The van der Waals surface area contributed by atoms with Crippen molar-refractivity contribution < 1.29 is 9.32 Å². The Hall–Kier alpha value is -1.43. The number of nitrogens with one attached hydrogen (secondary N) is 1. The SMILES string of the molecule is NC1CCC(C(=O)NCCc2ncon2)C1. The number of nitrogens with two attached hydrogens (primary N) is 1. The second kappa shape index (κ2) is 5.07. The summed E-state index contributed by atoms with van der Waals surface area (Å²) in [6.45, 7) is 0.546. The lowest BCUT2D eigenvalue weighted by Gasteiger charge is -2.09. The number of carbonyl (C=O) groups is 1. The van der Waals surface area contributed by atoms with Gasteiger partial charge in [0.15, 0.2) is 5.82 Å². The molecule has 6 nitrogen and oxygen atoms in total. The minimum absolute atomic E-state index is 0.0836. The summed E-state index contributed by atoms with van der Waals surface area (Å²) in [7, 11) is 0. The van der Waals surface area contributed by atoms with E-state index in [0.717, 1.165) is 19.3 Å². The number of rotatable bonds is 4. The van der Waals surface area contributed by atoms with Gasteiger partial charge in [0.25, 0.3) is 0 Å². The predicted molar refractivity (Wildman–Crippen MR) is 56.3 cm³/mol. The number of amides is 1. The summed E-state index contributed by atoms with van der Waals surface area (Å²) in [5.41, 5.74) is 5.76. The summed E-state index contributed by atoms with van der Waals surface area (Å²) in [5.74, 6) is 0.792. The van der Waals surface area contributed by atoms with E-state index >= 15 is 0 Å². The summed E-state index contributed by atoms with van der Waals surface area (Å²) >= 11 is 0. The Kier molecular flexibility index (Phi) is 3.51. The van der Waals surface area contributed by atoms with Crippen molar-refractivity contribution in [3.63, 3.8) is 0 Å². The molecule has 6 heteroatoms. The Morgan fingerprint density at radius 2 is 2.50 bits per heavy atom. The van der Waals surface area contributed by atoms with Crippen molar-refractivity contribution in [2.45, 2.75) is 31.7 Å². The first-order chi connectivity index (χ1) is 7.75. The number of nitrogens with zero attached hydrogens (tertiary/aromatic N) is 2. The minimum atomic E-state index is 0.0836. The average Bonchev–Trinajstić information content (AvgIpc) is 2.89. The number of carbonyl (C=O) groups excluding carboxylic acids is 1. The zero-order valence-electron chi connectivity index (χ0n) is 9.06. The Balaban J connectivity index is 1.68. The van der Waals surface area contributed by atoms with Crippen molar-refractivity contribution in [1.29, 1.82) is 0 Å². The van der Waals surface area contributed by atoms with Crippen molar-refractivity contribution in [3.8, 4) is 0 Å². The fraction of sp³-hybridized carbons (Fsp3) is 0.700. The van der Waals surface area contributed by atoms with Gasteiger partial charge in [-0.25, -0.2) is 0 Å². The van der Waals surface area contributed by atoms with E-state index in [1.54, 1.807) is 0 Å². The highest BCUT2D eigenvalue weighted by Crippen LogP contribution is 2.23. The zero-order chi connectivity index (χ0) is 11.4. The largest absolute Gasteiger partial charge is 0.355 e. The molecule has 2 rings (SSSR count). The van der Waals surface area contributed by atoms with Gasteiger partial charge in [-0.15, -0.1) is 0 Å². The monoisotopic (exact) mass is 224 g/mol. The lowest BCUT2D eigenvalue weighted by atomic mass is 10.1. The maximum atomic E-state index is 11.7. The lowest BCUT2D eigenvalue weighted by Crippen LogP contribution is -2.32. The number of hydrogen-bond acceptors (Lipinski definition) is 5. The van der Waals surface area contributed by atoms with Gasteiger partial charge in [-0.3, -0.25) is 4.79 Å². The molecule has 2 unspecified atom stereocenters. The molecule has 1 heterocycles. The summed E-state index contributed by atoms with van der Waals surface area (Å²) < 4.78 is 4.60. The van der Waals surface area contributed by atoms with Gasteiger partial charge < -0.3 is 15.6 Å². The van der Waals surface area contributed by atoms with Crippen LogP contribution in [0.15, 0.2) is 10.9 Å². The molecule has 1 amide bonds. The summed E-state index contributed by atoms with van der Waals surface area (Å²) in [4.78, 5) is 15.6. The second-order valence-corrected chi connectivity index (χ2v) is 4.16. The molecule has 1 aliphatic rings. The quantitative estimate of drug-likeness (QED) is 0.742. The molecule has 1 aromatic rings. The molecule has 0 radical (unpaired) electrons. The van der Waals surface area contributed by atoms with Crippen LogP contribution in [0.4, 0.5) is 0 Å². The minimum Gasteiger partial charge on any atom is -0.355 e. The van der Waals surface area contributed by atoms with E-state index in [0.29, 0.717) is 18.8 Å². The number of aromatic nitrogens is 2. The van der Waals surface area contributed by atoms with Gasteiger partial charge in [0, 0.05) is 24.9 Å². The molecule has 0 spiro atoms. The molecular formula is C10H16N4O2. The van der Waals surface area contributed by atoms with E-state index < -0.39 is 0 Å². The van der Waals surface area contributed by atoms with Crippen LogP contribution in [0, 0.1) is 5.92 Å². The molecule has 0 aliphatic heterocycles. The van der Waals surface area contributed by atoms with Gasteiger partial charge in [0.05, 0.1) is 0 Å². The van der Waals surface area contributed by atoms with E-state index in [4.69, 9.17) is 5.73 Å². The van der Waals surface area contributed by atoms with Gasteiger partial charge in [0.1, 0.15) is 0 Å². The molecule has 88 valence electrons. The van der Waals surface area contributed by atoms with Crippen molar-refractivity contribution in [2.75, 3.05) is 6.54 Å². The van der Waals surface area contributed by atoms with Crippen molar-refractivity contribution in [1.82, 2.24) is 15.5 Å². The van der Waals surface area contributed by atoms with Gasteiger partial charge in [-0.1, -0.05) is 5.16 Å². The highest BCUT2D eigenvalue weighted by molar-refractivity contribution is 5.78. The van der Waals surface area contributed by atoms with Gasteiger partial charge in [-0.2, -0.15) is 4.98 Å². The van der Waals surface area contributed by atoms with Crippen LogP contribution < -0.4 is 11.1 Å². The van der Waals surface area contributed by atoms with Crippen molar-refractivity contribution >= 4 is 5.91 Å². The molecule has 0 saturated heterocycles. The maximum Gasteiger partial charge on any atom is 0.223 e. The molecule has 0 bridgehead atoms. The molecule has 1 aliphatic carbocycles. The van der Waals surface area contributed by atoms with Crippen molar-refractivity contribution in [3.05, 3.63) is 12.2 Å². The topological polar surface area (TPSA) is 94.0 Å². The van der Waals surface area contributed by atoms with E-state index in [1.165, 1.54) is 6.39 Å². The molecule has 1 aromatic heterocycles. The Morgan fingerprint density at radius 3 is 3.12 bits per heavy atom. The van der Waals surface area contributed by atoms with E-state index in [-0.39, 0.29) is 17.9 Å². The van der Waals surface area contributed by atoms with Crippen LogP contribution in [0.1, 0.15) is 25.1 Å². The smallest absolute Gasteiger partial charge is 0.223 e. The standard InChI is InChI=1S/C10H16N4O2/c11-8-2-1-7(5-8)10(15)12-4-3-9-13-6-16-14-9/h6-8H,1-5,11H2,(H,12,15). The van der Waals surface area contributed by atoms with Gasteiger partial charge in [0.2, 0.25) is 12.3 Å². The first kappa shape index (κ1) is 11.1. The second-order valence-electron chi connectivity index (χ2n) is 4.16. The zero-order valence-corrected chi connectivity index (χ0v) is 9.06. The third kappa shape index (κ3) is 2.79. The first-order valence-corrected chi connectivity index (χ1v) is 5.54. The van der Waals surface area contributed by atoms with E-state index in [1.807, 2.05) is 0 Å². The highest BCUT2D eigenvalue weighted by atomic mass is 16.5. The van der Waals surface area contributed by atoms with Crippen LogP contribution in [-0.2, 0) is 11.2 Å². The highest BCUT2D eigenvalue weighted by Gasteiger charge is 2.27. The Bertz CT molecular complexity index is 339.